The summed E-state index contributed by atoms with van der Waals surface area (Å²) in [5, 5.41) is 11.2. The number of carbonyl (C=O) groups excluding carboxylic acids is 2. The Bertz CT molecular complexity index is 524. The summed E-state index contributed by atoms with van der Waals surface area (Å²) in [5.41, 5.74) is 4.87. The summed E-state index contributed by atoms with van der Waals surface area (Å²) in [6.45, 7) is 4.40. The lowest BCUT2D eigenvalue weighted by Crippen LogP contribution is -2.35. The number of primary amides is 1. The number of hydrogen-bond donors (Lipinski definition) is 2. The number of imide groups is 1. The first-order chi connectivity index (χ1) is 9.61. The number of urea groups is 1. The second-order valence-electron chi connectivity index (χ2n) is 4.53. The van der Waals surface area contributed by atoms with Crippen LogP contribution < -0.4 is 11.1 Å². The molecule has 8 heteroatoms. The highest BCUT2D eigenvalue weighted by atomic mass is 32.2. The summed E-state index contributed by atoms with van der Waals surface area (Å²) < 4.78 is 2.03. The summed E-state index contributed by atoms with van der Waals surface area (Å²) in [6, 6.07) is -0.828. The third-order valence-electron chi connectivity index (χ3n) is 2.82. The summed E-state index contributed by atoms with van der Waals surface area (Å²) in [6.07, 6.45) is 4.31. The van der Waals surface area contributed by atoms with Crippen LogP contribution in [0.4, 0.5) is 4.79 Å². The van der Waals surface area contributed by atoms with Crippen LogP contribution in [0.2, 0.25) is 0 Å². The van der Waals surface area contributed by atoms with Crippen LogP contribution in [0, 0.1) is 0 Å². The van der Waals surface area contributed by atoms with Crippen LogP contribution in [0.1, 0.15) is 31.0 Å². The number of nitrogens with two attached hydrogens (primary N) is 1. The summed E-state index contributed by atoms with van der Waals surface area (Å²) >= 11 is 1.44. The monoisotopic (exact) mass is 295 g/mol. The molecule has 0 spiro atoms. The van der Waals surface area contributed by atoms with Crippen molar-refractivity contribution < 1.29 is 9.59 Å². The van der Waals surface area contributed by atoms with Crippen LogP contribution in [0.3, 0.4) is 0 Å². The number of hydrogen-bond acceptors (Lipinski definition) is 5. The molecule has 0 unspecified atom stereocenters. The predicted molar refractivity (Wildman–Crippen MR) is 75.3 cm³/mol. The molecule has 0 atom stereocenters. The van der Waals surface area contributed by atoms with Gasteiger partial charge in [-0.2, -0.15) is 0 Å². The lowest BCUT2D eigenvalue weighted by molar-refractivity contribution is -0.119. The van der Waals surface area contributed by atoms with E-state index in [9.17, 15) is 9.59 Å². The molecule has 1 aliphatic carbocycles. The van der Waals surface area contributed by atoms with Crippen molar-refractivity contribution in [1.29, 1.82) is 0 Å². The average Bonchev–Trinajstić information content (AvgIpc) is 3.14. The Morgan fingerprint density at radius 2 is 2.25 bits per heavy atom. The van der Waals surface area contributed by atoms with E-state index in [2.05, 4.69) is 16.8 Å². The average molecular weight is 295 g/mol. The van der Waals surface area contributed by atoms with E-state index in [-0.39, 0.29) is 12.3 Å². The van der Waals surface area contributed by atoms with Crippen molar-refractivity contribution in [3.63, 3.8) is 0 Å². The Balaban J connectivity index is 1.90. The van der Waals surface area contributed by atoms with E-state index < -0.39 is 6.03 Å². The summed E-state index contributed by atoms with van der Waals surface area (Å²) in [5.74, 6) is 1.63. The first-order valence-corrected chi connectivity index (χ1v) is 7.36. The van der Waals surface area contributed by atoms with Crippen molar-refractivity contribution in [1.82, 2.24) is 20.1 Å². The van der Waals surface area contributed by atoms with E-state index in [0.717, 1.165) is 23.8 Å². The highest BCUT2D eigenvalue weighted by molar-refractivity contribution is 7.99. The van der Waals surface area contributed by atoms with E-state index in [0.29, 0.717) is 18.2 Å². The van der Waals surface area contributed by atoms with Crippen LogP contribution in [0.25, 0.3) is 0 Å². The number of nitrogens with zero attached hydrogens (tertiary/aromatic N) is 3. The third-order valence-corrected chi connectivity index (χ3v) is 3.79. The number of nitrogens with one attached hydrogen (secondary N) is 1. The molecule has 1 aromatic heterocycles. The van der Waals surface area contributed by atoms with Gasteiger partial charge in [-0.1, -0.05) is 17.8 Å². The molecular weight excluding hydrogens is 278 g/mol. The molecule has 1 fully saturated rings. The van der Waals surface area contributed by atoms with Crippen molar-refractivity contribution >= 4 is 23.7 Å². The molecule has 1 heterocycles. The van der Waals surface area contributed by atoms with E-state index in [1.807, 2.05) is 9.88 Å². The van der Waals surface area contributed by atoms with Crippen molar-refractivity contribution in [3.05, 3.63) is 18.5 Å². The third kappa shape index (κ3) is 3.83. The molecule has 1 aromatic rings. The van der Waals surface area contributed by atoms with Gasteiger partial charge in [-0.05, 0) is 12.8 Å². The normalized spacial score (nSPS) is 14.0. The molecule has 1 saturated carbocycles. The van der Waals surface area contributed by atoms with E-state index >= 15 is 0 Å². The van der Waals surface area contributed by atoms with Gasteiger partial charge in [0.25, 0.3) is 0 Å². The molecule has 0 aliphatic heterocycles. The molecule has 2 rings (SSSR count). The van der Waals surface area contributed by atoms with Crippen LogP contribution in [-0.4, -0.2) is 32.5 Å². The minimum Gasteiger partial charge on any atom is -0.351 e. The standard InChI is InChI=1S/C12H17N5O2S/c1-2-6-17-10(8-3-4-8)15-16-12(17)20-7-5-9(18)14-11(13)19/h2,8H,1,3-7H2,(H3,13,14,18,19). The van der Waals surface area contributed by atoms with Gasteiger partial charge in [-0.25, -0.2) is 4.79 Å². The molecule has 20 heavy (non-hydrogen) atoms. The Kier molecular flexibility index (Phi) is 4.78. The van der Waals surface area contributed by atoms with Crippen LogP contribution in [-0.2, 0) is 11.3 Å². The van der Waals surface area contributed by atoms with Crippen molar-refractivity contribution in [2.75, 3.05) is 5.75 Å². The van der Waals surface area contributed by atoms with Crippen molar-refractivity contribution in [3.8, 4) is 0 Å². The van der Waals surface area contributed by atoms with Crippen LogP contribution >= 0.6 is 11.8 Å². The smallest absolute Gasteiger partial charge is 0.318 e. The van der Waals surface area contributed by atoms with Gasteiger partial charge in [0.05, 0.1) is 0 Å². The first kappa shape index (κ1) is 14.6. The molecule has 0 saturated heterocycles. The number of aromatic nitrogens is 3. The zero-order valence-electron chi connectivity index (χ0n) is 11.0. The minimum atomic E-state index is -0.828. The fourth-order valence-corrected chi connectivity index (χ4v) is 2.68. The first-order valence-electron chi connectivity index (χ1n) is 6.38. The molecule has 108 valence electrons. The van der Waals surface area contributed by atoms with Gasteiger partial charge in [0, 0.05) is 24.6 Å². The van der Waals surface area contributed by atoms with Gasteiger partial charge in [0.2, 0.25) is 5.91 Å². The Labute approximate surface area is 121 Å². The molecule has 3 amide bonds. The quantitative estimate of drug-likeness (QED) is 0.577. The summed E-state index contributed by atoms with van der Waals surface area (Å²) in [4.78, 5) is 21.8. The molecule has 0 aromatic carbocycles. The van der Waals surface area contributed by atoms with E-state index in [4.69, 9.17) is 5.73 Å². The zero-order valence-corrected chi connectivity index (χ0v) is 11.9. The Morgan fingerprint density at radius 1 is 1.50 bits per heavy atom. The topological polar surface area (TPSA) is 103 Å². The zero-order chi connectivity index (χ0) is 14.5. The predicted octanol–water partition coefficient (Wildman–Crippen LogP) is 1.02. The lowest BCUT2D eigenvalue weighted by Gasteiger charge is -2.06. The largest absolute Gasteiger partial charge is 0.351 e. The van der Waals surface area contributed by atoms with Crippen LogP contribution in [0.5, 0.6) is 0 Å². The van der Waals surface area contributed by atoms with Crippen LogP contribution in [0.15, 0.2) is 17.8 Å². The maximum atomic E-state index is 11.3. The fourth-order valence-electron chi connectivity index (χ4n) is 1.79. The molecule has 0 bridgehead atoms. The second kappa shape index (κ2) is 6.56. The number of amides is 3. The highest BCUT2D eigenvalue weighted by Crippen LogP contribution is 2.40. The second-order valence-corrected chi connectivity index (χ2v) is 5.59. The Morgan fingerprint density at radius 3 is 2.85 bits per heavy atom. The van der Waals surface area contributed by atoms with Gasteiger partial charge in [-0.15, -0.1) is 16.8 Å². The van der Waals surface area contributed by atoms with Crippen molar-refractivity contribution in [2.45, 2.75) is 36.9 Å². The fraction of sp³-hybridized carbons (Fsp3) is 0.500. The Hall–Kier alpha value is -1.83. The van der Waals surface area contributed by atoms with E-state index in [1.54, 1.807) is 6.08 Å². The molecule has 3 N–H and O–H groups in total. The summed E-state index contributed by atoms with van der Waals surface area (Å²) in [7, 11) is 0. The van der Waals surface area contributed by atoms with E-state index in [1.165, 1.54) is 11.8 Å². The van der Waals surface area contributed by atoms with Gasteiger partial charge in [-0.3, -0.25) is 10.1 Å². The number of allylic oxidation sites excluding steroid dienone is 1. The van der Waals surface area contributed by atoms with Crippen molar-refractivity contribution in [2.24, 2.45) is 5.73 Å². The van der Waals surface area contributed by atoms with Gasteiger partial charge >= 0.3 is 6.03 Å². The lowest BCUT2D eigenvalue weighted by atomic mass is 10.4. The van der Waals surface area contributed by atoms with Gasteiger partial charge in [0.1, 0.15) is 5.82 Å². The number of carbonyl (C=O) groups is 2. The number of rotatable bonds is 7. The molecule has 1 aliphatic rings. The SMILES string of the molecule is C=CCn1c(SCCC(=O)NC(N)=O)nnc1C1CC1. The van der Waals surface area contributed by atoms with Gasteiger partial charge < -0.3 is 10.3 Å². The molecule has 7 nitrogen and oxygen atoms in total. The molecule has 0 radical (unpaired) electrons. The maximum absolute atomic E-state index is 11.3. The minimum absolute atomic E-state index is 0.202. The van der Waals surface area contributed by atoms with Gasteiger partial charge in [0.15, 0.2) is 5.16 Å². The highest BCUT2D eigenvalue weighted by Gasteiger charge is 2.30. The maximum Gasteiger partial charge on any atom is 0.318 e. The number of thioether (sulfide) groups is 1. The molecular formula is C12H17N5O2S.